The molecule has 0 bridgehead atoms. The smallest absolute Gasteiger partial charge is 0.340 e. The lowest BCUT2D eigenvalue weighted by Crippen LogP contribution is -2.23. The maximum atomic E-state index is 11.4. The van der Waals surface area contributed by atoms with Crippen LogP contribution in [-0.2, 0) is 9.59 Å². The SMILES string of the molecule is CCC(Cl)C(=O)C(=CN(C)C)C(=O)O. The first-order valence-electron chi connectivity index (χ1n) is 4.20. The predicted molar refractivity (Wildman–Crippen MR) is 54.3 cm³/mol. The van der Waals surface area contributed by atoms with Crippen molar-refractivity contribution in [3.05, 3.63) is 11.8 Å². The van der Waals surface area contributed by atoms with Crippen LogP contribution in [0.25, 0.3) is 0 Å². The number of ketones is 1. The van der Waals surface area contributed by atoms with E-state index in [4.69, 9.17) is 16.7 Å². The molecule has 0 aromatic heterocycles. The van der Waals surface area contributed by atoms with Gasteiger partial charge in [0.25, 0.3) is 0 Å². The fraction of sp³-hybridized carbons (Fsp3) is 0.556. The molecule has 80 valence electrons. The Morgan fingerprint density at radius 3 is 2.29 bits per heavy atom. The van der Waals surface area contributed by atoms with Crippen molar-refractivity contribution < 1.29 is 14.7 Å². The van der Waals surface area contributed by atoms with Crippen molar-refractivity contribution in [3.8, 4) is 0 Å². The van der Waals surface area contributed by atoms with Crippen LogP contribution in [0.4, 0.5) is 0 Å². The number of carboxylic acids is 1. The zero-order valence-electron chi connectivity index (χ0n) is 8.45. The van der Waals surface area contributed by atoms with Crippen LogP contribution in [0, 0.1) is 0 Å². The Morgan fingerprint density at radius 1 is 1.50 bits per heavy atom. The van der Waals surface area contributed by atoms with Crippen molar-refractivity contribution in [2.75, 3.05) is 14.1 Å². The van der Waals surface area contributed by atoms with Crippen molar-refractivity contribution in [3.63, 3.8) is 0 Å². The molecule has 0 fully saturated rings. The van der Waals surface area contributed by atoms with Crippen molar-refractivity contribution >= 4 is 23.4 Å². The molecule has 5 heteroatoms. The molecule has 0 radical (unpaired) electrons. The molecule has 0 aromatic rings. The molecule has 0 rings (SSSR count). The monoisotopic (exact) mass is 219 g/mol. The van der Waals surface area contributed by atoms with Gasteiger partial charge in [0.1, 0.15) is 5.57 Å². The number of carbonyl (C=O) groups is 2. The highest BCUT2D eigenvalue weighted by molar-refractivity contribution is 6.37. The van der Waals surface area contributed by atoms with Crippen LogP contribution < -0.4 is 0 Å². The van der Waals surface area contributed by atoms with E-state index in [0.29, 0.717) is 6.42 Å². The summed E-state index contributed by atoms with van der Waals surface area (Å²) in [6, 6.07) is 0. The van der Waals surface area contributed by atoms with E-state index < -0.39 is 17.1 Å². The molecule has 0 heterocycles. The number of alkyl halides is 1. The summed E-state index contributed by atoms with van der Waals surface area (Å²) in [5.74, 6) is -1.79. The maximum absolute atomic E-state index is 11.4. The van der Waals surface area contributed by atoms with E-state index in [1.54, 1.807) is 21.0 Å². The molecule has 1 N–H and O–H groups in total. The third-order valence-corrected chi connectivity index (χ3v) is 2.03. The fourth-order valence-corrected chi connectivity index (χ4v) is 0.954. The van der Waals surface area contributed by atoms with Gasteiger partial charge in [0.2, 0.25) is 0 Å². The average molecular weight is 220 g/mol. The molecule has 4 nitrogen and oxygen atoms in total. The molecular formula is C9H14ClNO3. The lowest BCUT2D eigenvalue weighted by atomic mass is 10.1. The van der Waals surface area contributed by atoms with Gasteiger partial charge in [0.15, 0.2) is 5.78 Å². The summed E-state index contributed by atoms with van der Waals surface area (Å²) in [6.45, 7) is 1.73. The summed E-state index contributed by atoms with van der Waals surface area (Å²) in [5.41, 5.74) is -0.281. The minimum Gasteiger partial charge on any atom is -0.478 e. The molecule has 1 atom stereocenters. The third kappa shape index (κ3) is 3.79. The standard InChI is InChI=1S/C9H14ClNO3/c1-4-7(10)8(12)6(9(13)14)5-11(2)3/h5,7H,4H2,1-3H3,(H,13,14). The van der Waals surface area contributed by atoms with Crippen LogP contribution >= 0.6 is 11.6 Å². The lowest BCUT2D eigenvalue weighted by molar-refractivity contribution is -0.134. The second-order valence-corrected chi connectivity index (χ2v) is 3.58. The van der Waals surface area contributed by atoms with Gasteiger partial charge < -0.3 is 10.0 Å². The van der Waals surface area contributed by atoms with E-state index in [1.807, 2.05) is 0 Å². The van der Waals surface area contributed by atoms with E-state index in [0.717, 1.165) is 0 Å². The van der Waals surface area contributed by atoms with Crippen LogP contribution in [0.2, 0.25) is 0 Å². The summed E-state index contributed by atoms with van der Waals surface area (Å²) in [7, 11) is 3.29. The van der Waals surface area contributed by atoms with Gasteiger partial charge >= 0.3 is 5.97 Å². The number of carboxylic acid groups (broad SMARTS) is 1. The zero-order chi connectivity index (χ0) is 11.3. The second-order valence-electron chi connectivity index (χ2n) is 3.05. The molecule has 0 spiro atoms. The topological polar surface area (TPSA) is 57.6 Å². The molecule has 0 saturated heterocycles. The highest BCUT2D eigenvalue weighted by atomic mass is 35.5. The third-order valence-electron chi connectivity index (χ3n) is 1.53. The molecule has 1 unspecified atom stereocenters. The summed E-state index contributed by atoms with van der Waals surface area (Å²) in [4.78, 5) is 23.7. The Balaban J connectivity index is 4.85. The highest BCUT2D eigenvalue weighted by Crippen LogP contribution is 2.10. The average Bonchev–Trinajstić information content (AvgIpc) is 2.11. The van der Waals surface area contributed by atoms with Gasteiger partial charge in [-0.25, -0.2) is 4.79 Å². The van der Waals surface area contributed by atoms with Gasteiger partial charge in [-0.2, -0.15) is 0 Å². The Labute approximate surface area is 88.1 Å². The Bertz CT molecular complexity index is 261. The van der Waals surface area contributed by atoms with Gasteiger partial charge in [-0.05, 0) is 6.42 Å². The summed E-state index contributed by atoms with van der Waals surface area (Å²) >= 11 is 5.67. The van der Waals surface area contributed by atoms with Crippen LogP contribution in [-0.4, -0.2) is 41.2 Å². The predicted octanol–water partition coefficient (Wildman–Crippen LogP) is 1.10. The van der Waals surface area contributed by atoms with E-state index in [2.05, 4.69) is 0 Å². The van der Waals surface area contributed by atoms with E-state index in [9.17, 15) is 9.59 Å². The number of Topliss-reactive ketones (excluding diaryl/α,β-unsaturated/α-hetero) is 1. The van der Waals surface area contributed by atoms with Crippen molar-refractivity contribution in [2.45, 2.75) is 18.7 Å². The maximum Gasteiger partial charge on any atom is 0.340 e. The minimum atomic E-state index is -1.25. The lowest BCUT2D eigenvalue weighted by Gasteiger charge is -2.09. The molecular weight excluding hydrogens is 206 g/mol. The Morgan fingerprint density at radius 2 is 2.00 bits per heavy atom. The number of aliphatic carboxylic acids is 1. The molecule has 0 saturated carbocycles. The molecule has 0 aliphatic heterocycles. The molecule has 0 aliphatic carbocycles. The summed E-state index contributed by atoms with van der Waals surface area (Å²) in [5, 5.41) is 8.00. The van der Waals surface area contributed by atoms with E-state index >= 15 is 0 Å². The normalized spacial score (nSPS) is 13.6. The van der Waals surface area contributed by atoms with Crippen molar-refractivity contribution in [1.29, 1.82) is 0 Å². The van der Waals surface area contributed by atoms with E-state index in [-0.39, 0.29) is 5.57 Å². The quantitative estimate of drug-likeness (QED) is 0.326. The second kappa shape index (κ2) is 5.65. The molecule has 0 amide bonds. The van der Waals surface area contributed by atoms with Gasteiger partial charge in [0, 0.05) is 20.3 Å². The number of carbonyl (C=O) groups excluding carboxylic acids is 1. The first kappa shape index (κ1) is 13.0. The van der Waals surface area contributed by atoms with E-state index in [1.165, 1.54) is 11.1 Å². The van der Waals surface area contributed by atoms with Gasteiger partial charge in [-0.1, -0.05) is 6.92 Å². The molecule has 0 aromatic carbocycles. The Hall–Kier alpha value is -1.03. The molecule has 0 aliphatic rings. The number of rotatable bonds is 5. The van der Waals surface area contributed by atoms with Crippen LogP contribution in [0.15, 0.2) is 11.8 Å². The van der Waals surface area contributed by atoms with Gasteiger partial charge in [-0.15, -0.1) is 11.6 Å². The van der Waals surface area contributed by atoms with Gasteiger partial charge in [-0.3, -0.25) is 4.79 Å². The number of halogens is 1. The summed E-state index contributed by atoms with van der Waals surface area (Å²) in [6.07, 6.45) is 1.67. The van der Waals surface area contributed by atoms with Crippen molar-refractivity contribution in [1.82, 2.24) is 4.90 Å². The number of hydrogen-bond donors (Lipinski definition) is 1. The Kier molecular flexibility index (Phi) is 5.23. The van der Waals surface area contributed by atoms with Crippen molar-refractivity contribution in [2.24, 2.45) is 0 Å². The zero-order valence-corrected chi connectivity index (χ0v) is 9.21. The summed E-state index contributed by atoms with van der Waals surface area (Å²) < 4.78 is 0. The first-order valence-corrected chi connectivity index (χ1v) is 4.63. The molecule has 14 heavy (non-hydrogen) atoms. The van der Waals surface area contributed by atoms with Crippen LogP contribution in [0.3, 0.4) is 0 Å². The number of nitrogens with zero attached hydrogens (tertiary/aromatic N) is 1. The van der Waals surface area contributed by atoms with Gasteiger partial charge in [0.05, 0.1) is 5.38 Å². The first-order chi connectivity index (χ1) is 6.40. The largest absolute Gasteiger partial charge is 0.478 e. The van der Waals surface area contributed by atoms with Crippen LogP contribution in [0.1, 0.15) is 13.3 Å². The number of hydrogen-bond acceptors (Lipinski definition) is 3. The highest BCUT2D eigenvalue weighted by Gasteiger charge is 2.23. The van der Waals surface area contributed by atoms with Crippen LogP contribution in [0.5, 0.6) is 0 Å². The minimum absolute atomic E-state index is 0.281. The fourth-order valence-electron chi connectivity index (χ4n) is 0.837.